The third-order valence-electron chi connectivity index (χ3n) is 10.3. The highest BCUT2D eigenvalue weighted by Gasteiger charge is 2.42. The molecule has 212 valence electrons. The zero-order chi connectivity index (χ0) is 29.8. The maximum atomic E-state index is 6.45. The lowest BCUT2D eigenvalue weighted by atomic mass is 9.71. The zero-order valence-electron chi connectivity index (χ0n) is 25.5. The molecular formula is C42H33NO. The van der Waals surface area contributed by atoms with Gasteiger partial charge in [-0.3, -0.25) is 0 Å². The molecule has 1 aromatic heterocycles. The average molecular weight is 568 g/mol. The van der Waals surface area contributed by atoms with Crippen LogP contribution in [0.15, 0.2) is 132 Å². The summed E-state index contributed by atoms with van der Waals surface area (Å²) >= 11 is 0. The Morgan fingerprint density at radius 2 is 1.16 bits per heavy atom. The largest absolute Gasteiger partial charge is 0.455 e. The fourth-order valence-corrected chi connectivity index (χ4v) is 7.96. The van der Waals surface area contributed by atoms with Crippen molar-refractivity contribution in [3.63, 3.8) is 0 Å². The van der Waals surface area contributed by atoms with Gasteiger partial charge in [0.1, 0.15) is 11.2 Å². The smallest absolute Gasteiger partial charge is 0.143 e. The number of benzene rings is 6. The number of fused-ring (bicyclic) bond motifs is 8. The molecule has 2 heterocycles. The van der Waals surface area contributed by atoms with Gasteiger partial charge in [-0.1, -0.05) is 119 Å². The van der Waals surface area contributed by atoms with E-state index in [0.717, 1.165) is 38.8 Å². The van der Waals surface area contributed by atoms with Gasteiger partial charge in [0, 0.05) is 32.9 Å². The Morgan fingerprint density at radius 3 is 2.05 bits per heavy atom. The summed E-state index contributed by atoms with van der Waals surface area (Å²) in [5.41, 5.74) is 15.7. The lowest BCUT2D eigenvalue weighted by Crippen LogP contribution is -2.31. The molecule has 6 aromatic carbocycles. The van der Waals surface area contributed by atoms with Crippen LogP contribution in [0.5, 0.6) is 0 Å². The molecular weight excluding hydrogens is 534 g/mol. The number of hydrogen-bond donors (Lipinski definition) is 0. The van der Waals surface area contributed by atoms with Gasteiger partial charge < -0.3 is 9.32 Å². The molecule has 2 nitrogen and oxygen atoms in total. The highest BCUT2D eigenvalue weighted by Crippen LogP contribution is 2.57. The van der Waals surface area contributed by atoms with E-state index in [-0.39, 0.29) is 10.8 Å². The van der Waals surface area contributed by atoms with Crippen molar-refractivity contribution in [3.8, 4) is 22.3 Å². The van der Waals surface area contributed by atoms with Crippen LogP contribution < -0.4 is 4.90 Å². The average Bonchev–Trinajstić information content (AvgIpc) is 3.53. The predicted molar refractivity (Wildman–Crippen MR) is 184 cm³/mol. The standard InChI is InChI=1S/C42H33NO/c1-41(2)33-19-7-5-15-29(33)32-24-36-38(25-35(32)41)43(37-21-9-8-20-34(37)42(36,3)4)27-14-11-13-26(23-27)28-17-12-18-31-30-16-6-10-22-39(30)44-40(28)31/h5-25H,1-4H3. The minimum Gasteiger partial charge on any atom is -0.455 e. The van der Waals surface area contributed by atoms with Crippen LogP contribution in [0.25, 0.3) is 44.2 Å². The van der Waals surface area contributed by atoms with Gasteiger partial charge >= 0.3 is 0 Å². The Hall–Kier alpha value is -5.08. The molecule has 7 aromatic rings. The number of para-hydroxylation sites is 3. The molecule has 2 aliphatic rings. The van der Waals surface area contributed by atoms with Crippen LogP contribution in [0.3, 0.4) is 0 Å². The monoisotopic (exact) mass is 567 g/mol. The van der Waals surface area contributed by atoms with Crippen LogP contribution in [-0.2, 0) is 10.8 Å². The van der Waals surface area contributed by atoms with Crippen molar-refractivity contribution in [1.29, 1.82) is 0 Å². The number of rotatable bonds is 2. The van der Waals surface area contributed by atoms with Crippen LogP contribution in [0, 0.1) is 0 Å². The van der Waals surface area contributed by atoms with Gasteiger partial charge in [-0.2, -0.15) is 0 Å². The van der Waals surface area contributed by atoms with Crippen LogP contribution in [-0.4, -0.2) is 0 Å². The quantitative estimate of drug-likeness (QED) is 0.207. The maximum Gasteiger partial charge on any atom is 0.143 e. The predicted octanol–water partition coefficient (Wildman–Crippen LogP) is 11.7. The highest BCUT2D eigenvalue weighted by molar-refractivity contribution is 6.09. The lowest BCUT2D eigenvalue weighted by molar-refractivity contribution is 0.627. The van der Waals surface area contributed by atoms with E-state index < -0.39 is 0 Å². The first-order valence-corrected chi connectivity index (χ1v) is 15.5. The molecule has 0 fully saturated rings. The first kappa shape index (κ1) is 25.4. The molecule has 0 saturated carbocycles. The molecule has 0 amide bonds. The third-order valence-corrected chi connectivity index (χ3v) is 10.3. The Morgan fingerprint density at radius 1 is 0.477 bits per heavy atom. The molecule has 44 heavy (non-hydrogen) atoms. The summed E-state index contributed by atoms with van der Waals surface area (Å²) in [6.07, 6.45) is 0. The third kappa shape index (κ3) is 3.31. The van der Waals surface area contributed by atoms with E-state index in [1.807, 2.05) is 6.07 Å². The van der Waals surface area contributed by atoms with Crippen molar-refractivity contribution in [3.05, 3.63) is 150 Å². The summed E-state index contributed by atoms with van der Waals surface area (Å²) in [6.45, 7) is 9.48. The van der Waals surface area contributed by atoms with Crippen LogP contribution >= 0.6 is 0 Å². The molecule has 0 radical (unpaired) electrons. The molecule has 0 saturated heterocycles. The van der Waals surface area contributed by atoms with E-state index in [0.29, 0.717) is 0 Å². The van der Waals surface area contributed by atoms with E-state index in [1.165, 1.54) is 44.8 Å². The Labute approximate surface area is 258 Å². The van der Waals surface area contributed by atoms with Gasteiger partial charge in [0.2, 0.25) is 0 Å². The van der Waals surface area contributed by atoms with E-state index >= 15 is 0 Å². The Bertz CT molecular complexity index is 2300. The minimum absolute atomic E-state index is 0.0769. The Balaban J connectivity index is 1.28. The highest BCUT2D eigenvalue weighted by atomic mass is 16.3. The molecule has 1 aliphatic carbocycles. The van der Waals surface area contributed by atoms with Gasteiger partial charge in [-0.05, 0) is 75.3 Å². The van der Waals surface area contributed by atoms with Crippen molar-refractivity contribution >= 4 is 39.0 Å². The second-order valence-corrected chi connectivity index (χ2v) is 13.4. The van der Waals surface area contributed by atoms with Crippen LogP contribution in [0.4, 0.5) is 17.1 Å². The van der Waals surface area contributed by atoms with Gasteiger partial charge in [-0.25, -0.2) is 0 Å². The molecule has 0 spiro atoms. The SMILES string of the molecule is CC1(C)c2ccccc2-c2cc3c(cc21)N(c1cccc(-c2cccc4c2oc2ccccc24)c1)c1ccccc1C3(C)C. The fourth-order valence-electron chi connectivity index (χ4n) is 7.96. The first-order valence-electron chi connectivity index (χ1n) is 15.5. The van der Waals surface area contributed by atoms with Crippen molar-refractivity contribution in [2.24, 2.45) is 0 Å². The molecule has 0 unspecified atom stereocenters. The summed E-state index contributed by atoms with van der Waals surface area (Å²) in [6, 6.07) is 46.6. The van der Waals surface area contributed by atoms with E-state index in [1.54, 1.807) is 0 Å². The molecule has 2 heteroatoms. The summed E-state index contributed by atoms with van der Waals surface area (Å²) < 4.78 is 6.45. The van der Waals surface area contributed by atoms with Crippen molar-refractivity contribution < 1.29 is 4.42 Å². The van der Waals surface area contributed by atoms with Crippen molar-refractivity contribution in [2.75, 3.05) is 4.90 Å². The number of furan rings is 1. The van der Waals surface area contributed by atoms with Crippen molar-refractivity contribution in [2.45, 2.75) is 38.5 Å². The number of nitrogens with zero attached hydrogens (tertiary/aromatic N) is 1. The lowest BCUT2D eigenvalue weighted by Gasteiger charge is -2.43. The van der Waals surface area contributed by atoms with E-state index in [4.69, 9.17) is 4.42 Å². The summed E-state index contributed by atoms with van der Waals surface area (Å²) in [5, 5.41) is 2.30. The molecule has 0 bridgehead atoms. The Kier molecular flexibility index (Phi) is 5.05. The summed E-state index contributed by atoms with van der Waals surface area (Å²) in [5.74, 6) is 0. The maximum absolute atomic E-state index is 6.45. The molecule has 0 atom stereocenters. The van der Waals surface area contributed by atoms with E-state index in [2.05, 4.69) is 154 Å². The normalized spacial score (nSPS) is 15.6. The van der Waals surface area contributed by atoms with Gasteiger partial charge in [0.25, 0.3) is 0 Å². The topological polar surface area (TPSA) is 16.4 Å². The summed E-state index contributed by atoms with van der Waals surface area (Å²) in [4.78, 5) is 2.48. The first-order chi connectivity index (χ1) is 21.3. The number of hydrogen-bond acceptors (Lipinski definition) is 2. The van der Waals surface area contributed by atoms with Gasteiger partial charge in [-0.15, -0.1) is 0 Å². The second-order valence-electron chi connectivity index (χ2n) is 13.4. The van der Waals surface area contributed by atoms with Gasteiger partial charge in [0.15, 0.2) is 0 Å². The van der Waals surface area contributed by atoms with E-state index in [9.17, 15) is 0 Å². The number of anilines is 3. The summed E-state index contributed by atoms with van der Waals surface area (Å²) in [7, 11) is 0. The second kappa shape index (κ2) is 8.74. The zero-order valence-corrected chi connectivity index (χ0v) is 25.5. The van der Waals surface area contributed by atoms with Crippen molar-refractivity contribution in [1.82, 2.24) is 0 Å². The minimum atomic E-state index is -0.156. The van der Waals surface area contributed by atoms with Gasteiger partial charge in [0.05, 0.1) is 11.4 Å². The molecule has 1 aliphatic heterocycles. The van der Waals surface area contributed by atoms with Crippen LogP contribution in [0.1, 0.15) is 49.9 Å². The molecule has 9 rings (SSSR count). The molecule has 0 N–H and O–H groups in total. The fraction of sp³-hybridized carbons (Fsp3) is 0.143. The van der Waals surface area contributed by atoms with Crippen LogP contribution in [0.2, 0.25) is 0 Å².